The van der Waals surface area contributed by atoms with E-state index in [4.69, 9.17) is 5.14 Å². The third kappa shape index (κ3) is 2.54. The summed E-state index contributed by atoms with van der Waals surface area (Å²) in [5, 5.41) is 9.14. The summed E-state index contributed by atoms with van der Waals surface area (Å²) in [6.07, 6.45) is 2.78. The quantitative estimate of drug-likeness (QED) is 0.929. The molecule has 100 valence electrons. The van der Waals surface area contributed by atoms with Crippen LogP contribution in [0.3, 0.4) is 0 Å². The van der Waals surface area contributed by atoms with E-state index in [9.17, 15) is 8.42 Å². The van der Waals surface area contributed by atoms with Crippen LogP contribution in [0, 0.1) is 0 Å². The smallest absolute Gasteiger partial charge is 0.241 e. The molecular weight excluding hydrogens is 282 g/mol. The lowest BCUT2D eigenvalue weighted by Crippen LogP contribution is -2.12. The van der Waals surface area contributed by atoms with Gasteiger partial charge in [-0.15, -0.1) is 11.8 Å². The maximum absolute atomic E-state index is 11.2. The molecule has 5 nitrogen and oxygen atoms in total. The van der Waals surface area contributed by atoms with Gasteiger partial charge >= 0.3 is 0 Å². The van der Waals surface area contributed by atoms with Crippen molar-refractivity contribution in [2.75, 3.05) is 5.75 Å². The van der Waals surface area contributed by atoms with Crippen molar-refractivity contribution in [3.05, 3.63) is 42.2 Å². The van der Waals surface area contributed by atoms with Crippen molar-refractivity contribution in [2.24, 2.45) is 5.14 Å². The van der Waals surface area contributed by atoms with Crippen molar-refractivity contribution in [3.63, 3.8) is 0 Å². The molecule has 2 heterocycles. The van der Waals surface area contributed by atoms with E-state index in [0.29, 0.717) is 12.5 Å². The van der Waals surface area contributed by atoms with E-state index in [2.05, 4.69) is 17.2 Å². The molecule has 0 aliphatic carbocycles. The van der Waals surface area contributed by atoms with Crippen LogP contribution < -0.4 is 5.14 Å². The van der Waals surface area contributed by atoms with E-state index >= 15 is 0 Å². The van der Waals surface area contributed by atoms with Crippen molar-refractivity contribution < 1.29 is 8.42 Å². The summed E-state index contributed by atoms with van der Waals surface area (Å²) in [7, 11) is -3.66. The van der Waals surface area contributed by atoms with E-state index in [1.54, 1.807) is 4.68 Å². The fourth-order valence-corrected chi connectivity index (χ4v) is 3.90. The fourth-order valence-electron chi connectivity index (χ4n) is 2.20. The first-order valence-corrected chi connectivity index (χ1v) is 8.34. The average Bonchev–Trinajstić information content (AvgIpc) is 2.97. The maximum atomic E-state index is 11.2. The van der Waals surface area contributed by atoms with E-state index in [0.717, 1.165) is 5.75 Å². The molecule has 1 aromatic carbocycles. The number of thioether (sulfide) groups is 1. The van der Waals surface area contributed by atoms with E-state index in [-0.39, 0.29) is 4.90 Å². The van der Waals surface area contributed by atoms with Gasteiger partial charge in [0.2, 0.25) is 10.0 Å². The van der Waals surface area contributed by atoms with Gasteiger partial charge in [0.15, 0.2) is 0 Å². The largest absolute Gasteiger partial charge is 0.271 e. The highest BCUT2D eigenvalue weighted by Gasteiger charge is 2.23. The summed E-state index contributed by atoms with van der Waals surface area (Å²) in [5.41, 5.74) is 1.31. The third-order valence-corrected chi connectivity index (χ3v) is 5.26. The summed E-state index contributed by atoms with van der Waals surface area (Å²) in [5.74, 6) is 1.35. The summed E-state index contributed by atoms with van der Waals surface area (Å²) in [6.45, 7) is 0.666. The van der Waals surface area contributed by atoms with Crippen molar-refractivity contribution in [2.45, 2.75) is 22.3 Å². The Kier molecular flexibility index (Phi) is 3.12. The van der Waals surface area contributed by atoms with Crippen LogP contribution >= 0.6 is 11.8 Å². The number of hydrogen-bond acceptors (Lipinski definition) is 4. The Morgan fingerprint density at radius 2 is 2.21 bits per heavy atom. The van der Waals surface area contributed by atoms with Gasteiger partial charge in [-0.25, -0.2) is 13.6 Å². The predicted molar refractivity (Wildman–Crippen MR) is 73.5 cm³/mol. The summed E-state index contributed by atoms with van der Waals surface area (Å²) < 4.78 is 24.1. The number of fused-ring (bicyclic) bond motifs is 1. The Bertz CT molecular complexity index is 709. The number of aromatic nitrogens is 2. The first kappa shape index (κ1) is 12.7. The SMILES string of the molecule is NS(=O)(=O)c1cnn(CC2CSc3ccccc32)c1. The minimum absolute atomic E-state index is 0.0615. The Labute approximate surface area is 115 Å². The lowest BCUT2D eigenvalue weighted by Gasteiger charge is -2.10. The number of nitrogens with two attached hydrogens (primary N) is 1. The average molecular weight is 295 g/mol. The van der Waals surface area contributed by atoms with Gasteiger partial charge in [0.25, 0.3) is 0 Å². The van der Waals surface area contributed by atoms with Crippen molar-refractivity contribution in [3.8, 4) is 0 Å². The molecule has 0 saturated heterocycles. The highest BCUT2D eigenvalue weighted by Crippen LogP contribution is 2.39. The minimum Gasteiger partial charge on any atom is -0.271 e. The number of sulfonamides is 1. The number of primary sulfonamides is 1. The van der Waals surface area contributed by atoms with Crippen molar-refractivity contribution >= 4 is 21.8 Å². The first-order valence-electron chi connectivity index (χ1n) is 5.81. The molecule has 19 heavy (non-hydrogen) atoms. The first-order chi connectivity index (χ1) is 9.04. The lowest BCUT2D eigenvalue weighted by atomic mass is 10.0. The van der Waals surface area contributed by atoms with E-state index in [1.165, 1.54) is 22.9 Å². The van der Waals surface area contributed by atoms with Crippen LogP contribution in [-0.2, 0) is 16.6 Å². The molecule has 0 saturated carbocycles. The Morgan fingerprint density at radius 3 is 2.95 bits per heavy atom. The molecule has 1 unspecified atom stereocenters. The van der Waals surface area contributed by atoms with Crippen molar-refractivity contribution in [1.82, 2.24) is 9.78 Å². The van der Waals surface area contributed by atoms with Crippen LogP contribution in [0.25, 0.3) is 0 Å². The highest BCUT2D eigenvalue weighted by molar-refractivity contribution is 7.99. The zero-order valence-corrected chi connectivity index (χ0v) is 11.7. The number of benzene rings is 1. The van der Waals surface area contributed by atoms with Gasteiger partial charge in [-0.2, -0.15) is 5.10 Å². The standard InChI is InChI=1S/C12H13N3O2S2/c13-19(16,17)10-5-14-15(7-10)6-9-8-18-12-4-2-1-3-11(9)12/h1-5,7,9H,6,8H2,(H2,13,16,17). The summed E-state index contributed by atoms with van der Waals surface area (Å²) in [4.78, 5) is 1.36. The van der Waals surface area contributed by atoms with Gasteiger partial charge in [0.1, 0.15) is 4.90 Å². The minimum atomic E-state index is -3.66. The second kappa shape index (κ2) is 4.66. The Hall–Kier alpha value is -1.31. The highest BCUT2D eigenvalue weighted by atomic mass is 32.2. The molecule has 0 bridgehead atoms. The number of nitrogens with zero attached hydrogens (tertiary/aromatic N) is 2. The maximum Gasteiger partial charge on any atom is 0.241 e. The van der Waals surface area contributed by atoms with Crippen LogP contribution in [0.15, 0.2) is 46.5 Å². The molecule has 0 amide bonds. The molecule has 0 spiro atoms. The predicted octanol–water partition coefficient (Wildman–Crippen LogP) is 1.42. The molecule has 0 radical (unpaired) electrons. The lowest BCUT2D eigenvalue weighted by molar-refractivity contribution is 0.548. The zero-order valence-electron chi connectivity index (χ0n) is 10.1. The fraction of sp³-hybridized carbons (Fsp3) is 0.250. The normalized spacial score (nSPS) is 18.5. The van der Waals surface area contributed by atoms with Gasteiger partial charge in [-0.3, -0.25) is 4.68 Å². The molecule has 1 aromatic heterocycles. The molecule has 3 rings (SSSR count). The van der Waals surface area contributed by atoms with Crippen LogP contribution in [-0.4, -0.2) is 24.0 Å². The summed E-state index contributed by atoms with van der Waals surface area (Å²) in [6, 6.07) is 8.28. The number of hydrogen-bond donors (Lipinski definition) is 1. The molecule has 2 aromatic rings. The van der Waals surface area contributed by atoms with Crippen LogP contribution in [0.1, 0.15) is 11.5 Å². The topological polar surface area (TPSA) is 78.0 Å². The molecule has 1 aliphatic heterocycles. The van der Waals surface area contributed by atoms with E-state index in [1.807, 2.05) is 23.9 Å². The zero-order chi connectivity index (χ0) is 13.5. The molecule has 1 atom stereocenters. The molecule has 0 fully saturated rings. The molecule has 1 aliphatic rings. The molecular formula is C12H13N3O2S2. The Balaban J connectivity index is 1.82. The van der Waals surface area contributed by atoms with Gasteiger partial charge in [-0.1, -0.05) is 18.2 Å². The van der Waals surface area contributed by atoms with Crippen LogP contribution in [0.2, 0.25) is 0 Å². The molecule has 2 N–H and O–H groups in total. The summed E-state index contributed by atoms with van der Waals surface area (Å²) >= 11 is 1.82. The van der Waals surface area contributed by atoms with Gasteiger partial charge in [-0.05, 0) is 11.6 Å². The van der Waals surface area contributed by atoms with Gasteiger partial charge < -0.3 is 0 Å². The monoisotopic (exact) mass is 295 g/mol. The third-order valence-electron chi connectivity index (χ3n) is 3.14. The number of rotatable bonds is 3. The second-order valence-electron chi connectivity index (χ2n) is 4.49. The Morgan fingerprint density at radius 1 is 1.42 bits per heavy atom. The van der Waals surface area contributed by atoms with Crippen LogP contribution in [0.5, 0.6) is 0 Å². The van der Waals surface area contributed by atoms with Crippen LogP contribution in [0.4, 0.5) is 0 Å². The van der Waals surface area contributed by atoms with Gasteiger partial charge in [0.05, 0.1) is 6.20 Å². The van der Waals surface area contributed by atoms with E-state index < -0.39 is 10.0 Å². The van der Waals surface area contributed by atoms with Gasteiger partial charge in [0, 0.05) is 29.3 Å². The van der Waals surface area contributed by atoms with Crippen molar-refractivity contribution in [1.29, 1.82) is 0 Å². The second-order valence-corrected chi connectivity index (χ2v) is 7.11. The molecule has 7 heteroatoms.